The predicted molar refractivity (Wildman–Crippen MR) is 248 cm³/mol. The van der Waals surface area contributed by atoms with Crippen LogP contribution in [0.3, 0.4) is 0 Å². The van der Waals surface area contributed by atoms with E-state index in [-0.39, 0.29) is 0 Å². The van der Waals surface area contributed by atoms with Crippen LogP contribution in [0.1, 0.15) is 0 Å². The van der Waals surface area contributed by atoms with E-state index >= 15 is 0 Å². The molecule has 0 fully saturated rings. The third kappa shape index (κ3) is 6.56. The number of pyridine rings is 1. The summed E-state index contributed by atoms with van der Waals surface area (Å²) in [5.41, 5.74) is 13.0. The van der Waals surface area contributed by atoms with E-state index in [1.54, 1.807) is 0 Å². The molecule has 0 aliphatic heterocycles. The second-order valence-corrected chi connectivity index (χ2v) is 15.1. The summed E-state index contributed by atoms with van der Waals surface area (Å²) >= 11 is 0. The monoisotopic (exact) mass is 764 g/mol. The molecule has 0 saturated heterocycles. The van der Waals surface area contributed by atoms with Crippen molar-refractivity contribution in [3.05, 3.63) is 219 Å². The lowest BCUT2D eigenvalue weighted by atomic mass is 9.92. The first-order valence-electron chi connectivity index (χ1n) is 20.2. The molecule has 0 bridgehead atoms. The molecule has 0 radical (unpaired) electrons. The van der Waals surface area contributed by atoms with Crippen molar-refractivity contribution in [2.24, 2.45) is 0 Å². The zero-order valence-corrected chi connectivity index (χ0v) is 32.6. The summed E-state index contributed by atoms with van der Waals surface area (Å²) in [6, 6.07) is 74.5. The van der Waals surface area contributed by atoms with E-state index in [1.807, 2.05) is 18.3 Å². The van der Waals surface area contributed by atoms with E-state index in [9.17, 15) is 0 Å². The molecule has 0 N–H and O–H groups in total. The van der Waals surface area contributed by atoms with Crippen LogP contribution in [0.4, 0.5) is 0 Å². The molecule has 2 heterocycles. The van der Waals surface area contributed by atoms with Gasteiger partial charge in [-0.3, -0.25) is 4.98 Å². The minimum Gasteiger partial charge on any atom is -0.256 e. The largest absolute Gasteiger partial charge is 0.256 e. The molecule has 2 aromatic heterocycles. The van der Waals surface area contributed by atoms with Crippen LogP contribution in [-0.4, -0.2) is 19.9 Å². The van der Waals surface area contributed by atoms with Gasteiger partial charge >= 0.3 is 0 Å². The number of aromatic nitrogens is 4. The molecule has 4 heteroatoms. The molecule has 0 aliphatic rings. The van der Waals surface area contributed by atoms with Gasteiger partial charge in [-0.15, -0.1) is 0 Å². The first-order chi connectivity index (χ1) is 29.7. The lowest BCUT2D eigenvalue weighted by Gasteiger charge is -2.14. The van der Waals surface area contributed by atoms with Crippen molar-refractivity contribution in [3.63, 3.8) is 0 Å². The van der Waals surface area contributed by atoms with Crippen molar-refractivity contribution in [3.8, 4) is 78.7 Å². The number of fused-ring (bicyclic) bond motifs is 4. The van der Waals surface area contributed by atoms with Gasteiger partial charge in [-0.1, -0.05) is 194 Å². The predicted octanol–water partition coefficient (Wildman–Crippen LogP) is 14.4. The molecule has 280 valence electrons. The van der Waals surface area contributed by atoms with Crippen LogP contribution in [0.15, 0.2) is 219 Å². The van der Waals surface area contributed by atoms with Gasteiger partial charge in [0.1, 0.15) is 0 Å². The SMILES string of the molecule is c1ccc(-c2ccc(-c3nc(-c4ccc(-c5ccccc5)cc4)nc(-c4ccc(-c5cccc(-c6ccc7c(c6)ncc6ccccc67)c5)c5ccccc45)n3)cc2)cc1. The van der Waals surface area contributed by atoms with Crippen LogP contribution in [0, 0.1) is 0 Å². The number of hydrogen-bond donors (Lipinski definition) is 0. The average Bonchev–Trinajstić information content (AvgIpc) is 3.34. The van der Waals surface area contributed by atoms with Gasteiger partial charge in [0.2, 0.25) is 0 Å². The Morgan fingerprint density at radius 3 is 1.35 bits per heavy atom. The van der Waals surface area contributed by atoms with E-state index < -0.39 is 0 Å². The first kappa shape index (κ1) is 35.1. The Hall–Kier alpha value is -8.08. The lowest BCUT2D eigenvalue weighted by molar-refractivity contribution is 1.08. The normalized spacial score (nSPS) is 11.3. The van der Waals surface area contributed by atoms with Crippen LogP contribution in [0.5, 0.6) is 0 Å². The highest BCUT2D eigenvalue weighted by molar-refractivity contribution is 6.07. The van der Waals surface area contributed by atoms with Gasteiger partial charge in [0.25, 0.3) is 0 Å². The highest BCUT2D eigenvalue weighted by atomic mass is 15.0. The summed E-state index contributed by atoms with van der Waals surface area (Å²) in [5, 5.41) is 5.72. The summed E-state index contributed by atoms with van der Waals surface area (Å²) in [6.45, 7) is 0. The Morgan fingerprint density at radius 2 is 0.700 bits per heavy atom. The molecule has 11 aromatic rings. The zero-order valence-electron chi connectivity index (χ0n) is 32.6. The summed E-state index contributed by atoms with van der Waals surface area (Å²) in [5.74, 6) is 1.88. The minimum absolute atomic E-state index is 0.625. The molecule has 60 heavy (non-hydrogen) atoms. The quantitative estimate of drug-likeness (QED) is 0.152. The maximum Gasteiger partial charge on any atom is 0.164 e. The van der Waals surface area contributed by atoms with Crippen LogP contribution in [0.25, 0.3) is 111 Å². The van der Waals surface area contributed by atoms with Crippen LogP contribution >= 0.6 is 0 Å². The Balaban J connectivity index is 1.01. The Bertz CT molecular complexity index is 3240. The van der Waals surface area contributed by atoms with E-state index in [4.69, 9.17) is 19.9 Å². The fraction of sp³-hybridized carbons (Fsp3) is 0. The molecule has 0 unspecified atom stereocenters. The molecular weight excluding hydrogens is 729 g/mol. The summed E-state index contributed by atoms with van der Waals surface area (Å²) in [7, 11) is 0. The Morgan fingerprint density at radius 1 is 0.250 bits per heavy atom. The minimum atomic E-state index is 0.625. The summed E-state index contributed by atoms with van der Waals surface area (Å²) < 4.78 is 0. The maximum absolute atomic E-state index is 5.19. The fourth-order valence-corrected chi connectivity index (χ4v) is 8.29. The number of benzene rings is 9. The first-order valence-corrected chi connectivity index (χ1v) is 20.2. The van der Waals surface area contributed by atoms with Crippen molar-refractivity contribution in [1.82, 2.24) is 19.9 Å². The van der Waals surface area contributed by atoms with Crippen molar-refractivity contribution in [2.45, 2.75) is 0 Å². The molecular formula is C56H36N4. The second kappa shape index (κ2) is 15.0. The molecule has 0 aliphatic carbocycles. The van der Waals surface area contributed by atoms with Crippen LogP contribution in [-0.2, 0) is 0 Å². The number of rotatable bonds is 7. The van der Waals surface area contributed by atoms with Crippen molar-refractivity contribution >= 4 is 32.4 Å². The van der Waals surface area contributed by atoms with Crippen LogP contribution < -0.4 is 0 Å². The molecule has 9 aromatic carbocycles. The van der Waals surface area contributed by atoms with E-state index in [0.29, 0.717) is 17.5 Å². The van der Waals surface area contributed by atoms with Gasteiger partial charge in [-0.25, -0.2) is 15.0 Å². The Kier molecular flexibility index (Phi) is 8.79. The number of hydrogen-bond acceptors (Lipinski definition) is 4. The van der Waals surface area contributed by atoms with Gasteiger partial charge in [-0.05, 0) is 78.9 Å². The zero-order chi connectivity index (χ0) is 39.8. The maximum atomic E-state index is 5.19. The van der Waals surface area contributed by atoms with Gasteiger partial charge in [0.05, 0.1) is 5.52 Å². The molecule has 0 saturated carbocycles. The fourth-order valence-electron chi connectivity index (χ4n) is 8.29. The van der Waals surface area contributed by atoms with Crippen molar-refractivity contribution in [1.29, 1.82) is 0 Å². The van der Waals surface area contributed by atoms with E-state index in [1.165, 1.54) is 16.5 Å². The topological polar surface area (TPSA) is 51.6 Å². The van der Waals surface area contributed by atoms with E-state index in [2.05, 4.69) is 200 Å². The molecule has 0 amide bonds. The highest BCUT2D eigenvalue weighted by Gasteiger charge is 2.17. The lowest BCUT2D eigenvalue weighted by Crippen LogP contribution is -2.01. The third-order valence-corrected chi connectivity index (χ3v) is 11.4. The van der Waals surface area contributed by atoms with Crippen LogP contribution in [0.2, 0.25) is 0 Å². The molecule has 11 rings (SSSR count). The molecule has 0 atom stereocenters. The highest BCUT2D eigenvalue weighted by Crippen LogP contribution is 2.38. The van der Waals surface area contributed by atoms with Gasteiger partial charge in [-0.2, -0.15) is 0 Å². The number of nitrogens with zero attached hydrogens (tertiary/aromatic N) is 4. The standard InChI is InChI=1S/C56H36N4/c1-3-12-37(13-4-1)39-22-26-41(27-23-39)54-58-55(42-28-24-40(25-29-42)38-14-5-2-6-15-38)60-56(59-54)52-33-32-48(49-20-9-10-21-50(49)52)45-18-11-17-43(34-45)44-30-31-51-47-19-8-7-16-46(47)36-57-53(51)35-44/h1-36H. The molecule has 0 spiro atoms. The van der Waals surface area contributed by atoms with Gasteiger partial charge < -0.3 is 0 Å². The average molecular weight is 765 g/mol. The smallest absolute Gasteiger partial charge is 0.164 e. The van der Waals surface area contributed by atoms with Gasteiger partial charge in [0, 0.05) is 33.7 Å². The third-order valence-electron chi connectivity index (χ3n) is 11.4. The second-order valence-electron chi connectivity index (χ2n) is 15.1. The van der Waals surface area contributed by atoms with Gasteiger partial charge in [0.15, 0.2) is 17.5 Å². The Labute approximate surface area is 348 Å². The summed E-state index contributed by atoms with van der Waals surface area (Å²) in [4.78, 5) is 20.3. The van der Waals surface area contributed by atoms with Crippen molar-refractivity contribution < 1.29 is 0 Å². The van der Waals surface area contributed by atoms with E-state index in [0.717, 1.165) is 77.1 Å². The summed E-state index contributed by atoms with van der Waals surface area (Å²) in [6.07, 6.45) is 1.97. The van der Waals surface area contributed by atoms with Crippen molar-refractivity contribution in [2.75, 3.05) is 0 Å². The molecule has 4 nitrogen and oxygen atoms in total.